The van der Waals surface area contributed by atoms with Crippen molar-refractivity contribution < 1.29 is 22.4 Å². The van der Waals surface area contributed by atoms with Gasteiger partial charge in [-0.15, -0.1) is 0 Å². The van der Waals surface area contributed by atoms with Gasteiger partial charge in [0, 0.05) is 5.41 Å². The quantitative estimate of drug-likeness (QED) is 0.414. The minimum Gasteiger partial charge on any atom is -0.276 e. The Hall–Kier alpha value is -0.580. The van der Waals surface area contributed by atoms with Crippen LogP contribution in [0.4, 0.5) is 17.6 Å². The predicted octanol–water partition coefficient (Wildman–Crippen LogP) is 3.23. The normalized spacial score (nSPS) is 31.3. The van der Waals surface area contributed by atoms with Gasteiger partial charge >= 0.3 is 11.8 Å². The Labute approximate surface area is 89.1 Å². The molecule has 0 aromatic carbocycles. The highest BCUT2D eigenvalue weighted by atomic mass is 35.5. The highest BCUT2D eigenvalue weighted by Gasteiger charge is 2.81. The van der Waals surface area contributed by atoms with Gasteiger partial charge in [0.15, 0.2) is 0 Å². The van der Waals surface area contributed by atoms with E-state index in [1.54, 1.807) is 0 Å². The topological polar surface area (TPSA) is 17.1 Å². The molecule has 0 spiro atoms. The van der Waals surface area contributed by atoms with Crippen LogP contribution >= 0.6 is 11.6 Å². The Morgan fingerprint density at radius 3 is 2.07 bits per heavy atom. The highest BCUT2D eigenvalue weighted by Crippen LogP contribution is 2.67. The summed E-state index contributed by atoms with van der Waals surface area (Å²) in [7, 11) is 0. The van der Waals surface area contributed by atoms with E-state index in [-0.39, 0.29) is 0 Å². The van der Waals surface area contributed by atoms with Gasteiger partial charge in [0.25, 0.3) is 0 Å². The predicted molar refractivity (Wildman–Crippen MR) is 47.2 cm³/mol. The summed E-state index contributed by atoms with van der Waals surface area (Å²) in [5.74, 6) is -9.87. The lowest BCUT2D eigenvalue weighted by Gasteiger charge is -2.56. The number of halogens is 5. The molecule has 1 nitrogen and oxygen atoms in total. The molecular formula is C9H9ClF4O. The lowest BCUT2D eigenvalue weighted by Crippen LogP contribution is -2.71. The summed E-state index contributed by atoms with van der Waals surface area (Å²) in [6.45, 7) is 2.05. The molecule has 1 rings (SSSR count). The van der Waals surface area contributed by atoms with Gasteiger partial charge in [-0.25, -0.2) is 0 Å². The molecule has 15 heavy (non-hydrogen) atoms. The molecule has 1 aliphatic carbocycles. The second-order valence-corrected chi connectivity index (χ2v) is 4.43. The summed E-state index contributed by atoms with van der Waals surface area (Å²) < 4.78 is 51.9. The van der Waals surface area contributed by atoms with Gasteiger partial charge in [0.05, 0.1) is 5.92 Å². The molecule has 0 aromatic heterocycles. The molecule has 1 atom stereocenters. The van der Waals surface area contributed by atoms with Gasteiger partial charge in [-0.3, -0.25) is 4.79 Å². The SMILES string of the molecule is CC1(C)C(C=CC(=O)Cl)C(F)(F)C1(F)F. The molecule has 0 bridgehead atoms. The van der Waals surface area contributed by atoms with Crippen LogP contribution in [0.3, 0.4) is 0 Å². The Kier molecular flexibility index (Phi) is 2.67. The van der Waals surface area contributed by atoms with Gasteiger partial charge in [0.1, 0.15) is 0 Å². The van der Waals surface area contributed by atoms with Crippen molar-refractivity contribution in [2.75, 3.05) is 0 Å². The van der Waals surface area contributed by atoms with E-state index in [1.807, 2.05) is 0 Å². The van der Waals surface area contributed by atoms with Crippen LogP contribution in [-0.2, 0) is 4.79 Å². The maximum atomic E-state index is 13.0. The van der Waals surface area contributed by atoms with Gasteiger partial charge in [-0.05, 0) is 17.7 Å². The first-order valence-electron chi connectivity index (χ1n) is 4.18. The summed E-state index contributed by atoms with van der Waals surface area (Å²) in [5, 5.41) is -0.961. The molecule has 1 unspecified atom stereocenters. The first-order valence-corrected chi connectivity index (χ1v) is 4.56. The first kappa shape index (κ1) is 12.5. The molecule has 0 saturated heterocycles. The molecule has 1 aliphatic rings. The number of carbonyl (C=O) groups is 1. The zero-order valence-electron chi connectivity index (χ0n) is 8.03. The fourth-order valence-electron chi connectivity index (χ4n) is 1.73. The molecule has 0 amide bonds. The molecule has 0 aromatic rings. The summed E-state index contributed by atoms with van der Waals surface area (Å²) in [6, 6.07) is 0. The number of carbonyl (C=O) groups excluding carboxylic acids is 1. The Morgan fingerprint density at radius 1 is 1.27 bits per heavy atom. The second-order valence-electron chi connectivity index (χ2n) is 4.06. The van der Waals surface area contributed by atoms with Gasteiger partial charge in [-0.2, -0.15) is 17.6 Å². The third-order valence-electron chi connectivity index (χ3n) is 2.82. The molecule has 86 valence electrons. The van der Waals surface area contributed by atoms with Crippen LogP contribution in [0.15, 0.2) is 12.2 Å². The van der Waals surface area contributed by atoms with E-state index in [9.17, 15) is 22.4 Å². The van der Waals surface area contributed by atoms with E-state index in [2.05, 4.69) is 0 Å². The minimum absolute atomic E-state index is 0.678. The first-order chi connectivity index (χ1) is 6.55. The van der Waals surface area contributed by atoms with E-state index < -0.39 is 28.4 Å². The fourth-order valence-corrected chi connectivity index (χ4v) is 1.80. The number of hydrogen-bond donors (Lipinski definition) is 0. The fraction of sp³-hybridized carbons (Fsp3) is 0.667. The van der Waals surface area contributed by atoms with Crippen LogP contribution in [0.2, 0.25) is 0 Å². The Morgan fingerprint density at radius 2 is 1.73 bits per heavy atom. The molecule has 0 heterocycles. The van der Waals surface area contributed by atoms with Crippen molar-refractivity contribution in [2.24, 2.45) is 11.3 Å². The van der Waals surface area contributed by atoms with E-state index in [1.165, 1.54) is 0 Å². The number of rotatable bonds is 2. The monoisotopic (exact) mass is 244 g/mol. The van der Waals surface area contributed by atoms with E-state index in [0.29, 0.717) is 6.08 Å². The lowest BCUT2D eigenvalue weighted by molar-refractivity contribution is -0.375. The van der Waals surface area contributed by atoms with E-state index in [4.69, 9.17) is 11.6 Å². The standard InChI is InChI=1S/C9H9ClF4O/c1-7(2)5(3-4-6(10)15)8(11,12)9(7,13)14/h3-5H,1-2H3. The van der Waals surface area contributed by atoms with Crippen LogP contribution in [0.5, 0.6) is 0 Å². The molecule has 0 radical (unpaired) electrons. The molecular weight excluding hydrogens is 236 g/mol. The van der Waals surface area contributed by atoms with Crippen molar-refractivity contribution in [3.8, 4) is 0 Å². The largest absolute Gasteiger partial charge is 0.317 e. The van der Waals surface area contributed by atoms with Gasteiger partial charge in [-0.1, -0.05) is 19.9 Å². The lowest BCUT2D eigenvalue weighted by atomic mass is 9.56. The molecule has 1 saturated carbocycles. The van der Waals surface area contributed by atoms with Crippen LogP contribution < -0.4 is 0 Å². The summed E-state index contributed by atoms with van der Waals surface area (Å²) in [6.07, 6.45) is 1.42. The molecule has 1 fully saturated rings. The maximum absolute atomic E-state index is 13.0. The number of alkyl halides is 4. The van der Waals surface area contributed by atoms with Crippen LogP contribution in [0, 0.1) is 11.3 Å². The maximum Gasteiger partial charge on any atom is 0.317 e. The van der Waals surface area contributed by atoms with Crippen molar-refractivity contribution in [3.05, 3.63) is 12.2 Å². The third-order valence-corrected chi connectivity index (χ3v) is 2.94. The van der Waals surface area contributed by atoms with Gasteiger partial charge in [0.2, 0.25) is 5.24 Å². The third kappa shape index (κ3) is 1.48. The average molecular weight is 245 g/mol. The summed E-state index contributed by atoms with van der Waals surface area (Å²) in [4.78, 5) is 10.3. The van der Waals surface area contributed by atoms with Crippen molar-refractivity contribution in [2.45, 2.75) is 25.7 Å². The van der Waals surface area contributed by atoms with E-state index >= 15 is 0 Å². The van der Waals surface area contributed by atoms with E-state index in [0.717, 1.165) is 19.9 Å². The minimum atomic E-state index is -4.13. The van der Waals surface area contributed by atoms with Crippen molar-refractivity contribution in [1.82, 2.24) is 0 Å². The Balaban J connectivity index is 2.98. The van der Waals surface area contributed by atoms with Gasteiger partial charge < -0.3 is 0 Å². The molecule has 0 aliphatic heterocycles. The van der Waals surface area contributed by atoms with Crippen LogP contribution in [0.25, 0.3) is 0 Å². The van der Waals surface area contributed by atoms with Crippen molar-refractivity contribution >= 4 is 16.8 Å². The zero-order valence-corrected chi connectivity index (χ0v) is 8.79. The van der Waals surface area contributed by atoms with Crippen molar-refractivity contribution in [3.63, 3.8) is 0 Å². The van der Waals surface area contributed by atoms with Crippen LogP contribution in [0.1, 0.15) is 13.8 Å². The number of hydrogen-bond acceptors (Lipinski definition) is 1. The highest BCUT2D eigenvalue weighted by molar-refractivity contribution is 6.66. The average Bonchev–Trinajstić information content (AvgIpc) is 2.01. The molecule has 6 heteroatoms. The van der Waals surface area contributed by atoms with Crippen molar-refractivity contribution in [1.29, 1.82) is 0 Å². The molecule has 0 N–H and O–H groups in total. The van der Waals surface area contributed by atoms with Crippen LogP contribution in [-0.4, -0.2) is 17.1 Å². The zero-order chi connectivity index (χ0) is 12.1. The summed E-state index contributed by atoms with van der Waals surface area (Å²) in [5.41, 5.74) is -1.88. The second kappa shape index (κ2) is 3.20. The number of allylic oxidation sites excluding steroid dienone is 2. The smallest absolute Gasteiger partial charge is 0.276 e. The summed E-state index contributed by atoms with van der Waals surface area (Å²) >= 11 is 4.90. The Bertz CT molecular complexity index is 304.